The molecule has 2 aliphatic heterocycles. The molecule has 2 bridgehead atoms. The Bertz CT molecular complexity index is 855. The first-order valence-electron chi connectivity index (χ1n) is 12.7. The van der Waals surface area contributed by atoms with E-state index in [1.54, 1.807) is 6.07 Å². The van der Waals surface area contributed by atoms with E-state index in [2.05, 4.69) is 40.8 Å². The lowest BCUT2D eigenvalue weighted by Gasteiger charge is -2.42. The van der Waals surface area contributed by atoms with Crippen molar-refractivity contribution in [1.82, 2.24) is 0 Å². The number of benzene rings is 1. The van der Waals surface area contributed by atoms with Crippen LogP contribution in [0, 0.1) is 23.6 Å². The van der Waals surface area contributed by atoms with Crippen LogP contribution < -0.4 is 0 Å². The summed E-state index contributed by atoms with van der Waals surface area (Å²) >= 11 is 0. The second-order valence-corrected chi connectivity index (χ2v) is 16.1. The lowest BCUT2D eigenvalue weighted by Crippen LogP contribution is -2.45. The summed E-state index contributed by atoms with van der Waals surface area (Å²) in [6, 6.07) is 4.70. The highest BCUT2D eigenvalue weighted by Crippen LogP contribution is 2.49. The van der Waals surface area contributed by atoms with Crippen molar-refractivity contribution in [3.63, 3.8) is 0 Å². The van der Waals surface area contributed by atoms with Crippen LogP contribution in [-0.4, -0.2) is 44.8 Å². The highest BCUT2D eigenvalue weighted by Gasteiger charge is 2.52. The minimum absolute atomic E-state index is 0.0223. The summed E-state index contributed by atoms with van der Waals surface area (Å²) in [7, 11) is -1.90. The second kappa shape index (κ2) is 10.8. The zero-order valence-corrected chi connectivity index (χ0v) is 22.9. The Labute approximate surface area is 205 Å². The van der Waals surface area contributed by atoms with Gasteiger partial charge in [-0.2, -0.15) is 0 Å². The summed E-state index contributed by atoms with van der Waals surface area (Å²) < 4.78 is 32.1. The van der Waals surface area contributed by atoms with Gasteiger partial charge in [0.1, 0.15) is 5.82 Å². The molecule has 192 valence electrons. The molecule has 0 amide bonds. The van der Waals surface area contributed by atoms with Crippen molar-refractivity contribution in [2.75, 3.05) is 13.2 Å². The molecule has 2 saturated heterocycles. The number of rotatable bonds is 11. The van der Waals surface area contributed by atoms with Crippen LogP contribution in [0.15, 0.2) is 18.2 Å². The molecule has 1 unspecified atom stereocenters. The van der Waals surface area contributed by atoms with Crippen LogP contribution in [0.25, 0.3) is 0 Å². The van der Waals surface area contributed by atoms with Gasteiger partial charge in [0.15, 0.2) is 8.32 Å². The zero-order chi connectivity index (χ0) is 25.3. The van der Waals surface area contributed by atoms with Gasteiger partial charge in [-0.05, 0) is 73.0 Å². The number of aliphatic hydroxyl groups excluding tert-OH is 1. The van der Waals surface area contributed by atoms with Crippen molar-refractivity contribution in [3.05, 3.63) is 35.1 Å². The van der Waals surface area contributed by atoms with Crippen LogP contribution in [0.1, 0.15) is 71.1 Å². The molecule has 34 heavy (non-hydrogen) atoms. The van der Waals surface area contributed by atoms with E-state index >= 15 is 0 Å². The SMILES string of the molecule is CC(=O)OC[C@H]1[C@@H](C(O)c2cc(F)ccc2CCCO[Si](C)(C)C(C)(C)C(C)C)[C@H]2CC[C@H]1O2. The van der Waals surface area contributed by atoms with Gasteiger partial charge in [0.2, 0.25) is 0 Å². The number of fused-ring (bicyclic) bond motifs is 2. The van der Waals surface area contributed by atoms with Gasteiger partial charge in [-0.1, -0.05) is 33.8 Å². The fourth-order valence-electron chi connectivity index (χ4n) is 5.43. The van der Waals surface area contributed by atoms with Crippen molar-refractivity contribution in [2.45, 2.75) is 96.7 Å². The van der Waals surface area contributed by atoms with E-state index in [1.165, 1.54) is 19.1 Å². The molecule has 1 aromatic rings. The molecule has 2 fully saturated rings. The molecule has 0 spiro atoms. The third kappa shape index (κ3) is 5.74. The van der Waals surface area contributed by atoms with Gasteiger partial charge < -0.3 is 19.0 Å². The van der Waals surface area contributed by atoms with Crippen molar-refractivity contribution < 1.29 is 28.2 Å². The number of esters is 1. The second-order valence-electron chi connectivity index (χ2n) is 11.5. The summed E-state index contributed by atoms with van der Waals surface area (Å²) in [6.07, 6.45) is 2.30. The minimum atomic E-state index is -1.90. The van der Waals surface area contributed by atoms with Crippen LogP contribution in [-0.2, 0) is 25.1 Å². The predicted molar refractivity (Wildman–Crippen MR) is 134 cm³/mol. The number of aliphatic hydroxyl groups is 1. The number of hydrogen-bond acceptors (Lipinski definition) is 5. The molecule has 0 aliphatic carbocycles. The highest BCUT2D eigenvalue weighted by atomic mass is 28.4. The van der Waals surface area contributed by atoms with Crippen LogP contribution in [0.3, 0.4) is 0 Å². The van der Waals surface area contributed by atoms with E-state index in [0.29, 0.717) is 24.5 Å². The van der Waals surface area contributed by atoms with Crippen molar-refractivity contribution in [2.24, 2.45) is 17.8 Å². The third-order valence-electron chi connectivity index (χ3n) is 8.81. The summed E-state index contributed by atoms with van der Waals surface area (Å²) in [4.78, 5) is 11.4. The van der Waals surface area contributed by atoms with E-state index in [9.17, 15) is 14.3 Å². The minimum Gasteiger partial charge on any atom is -0.465 e. The van der Waals surface area contributed by atoms with Crippen LogP contribution in [0.4, 0.5) is 4.39 Å². The Morgan fingerprint density at radius 1 is 1.26 bits per heavy atom. The molecule has 2 heterocycles. The largest absolute Gasteiger partial charge is 0.465 e. The monoisotopic (exact) mass is 494 g/mol. The molecular formula is C27H43FO5Si. The van der Waals surface area contributed by atoms with Crippen molar-refractivity contribution in [3.8, 4) is 0 Å². The van der Waals surface area contributed by atoms with Gasteiger partial charge in [0.25, 0.3) is 0 Å². The van der Waals surface area contributed by atoms with Gasteiger partial charge in [0, 0.05) is 25.4 Å². The summed E-state index contributed by atoms with van der Waals surface area (Å²) in [5.41, 5.74) is 1.56. The molecule has 1 N–H and O–H groups in total. The van der Waals surface area contributed by atoms with Gasteiger partial charge in [-0.3, -0.25) is 4.79 Å². The van der Waals surface area contributed by atoms with E-state index in [-0.39, 0.29) is 47.5 Å². The van der Waals surface area contributed by atoms with Crippen LogP contribution in [0.2, 0.25) is 18.1 Å². The van der Waals surface area contributed by atoms with Crippen LogP contribution >= 0.6 is 0 Å². The average Bonchev–Trinajstić information content (AvgIpc) is 3.36. The first kappa shape index (κ1) is 27.3. The standard InChI is InChI=1S/C27H43FO5Si/c1-17(2)27(4,5)34(6,7)32-14-8-9-19-10-11-20(28)15-21(19)26(30)25-22(16-31-18(3)29)23-12-13-24(25)33-23/h10-11,15,17,22-26,30H,8-9,12-14,16H2,1-7H3/t22-,23-,24-,25-,26?/m1/s1. The number of aryl methyl sites for hydroxylation is 1. The maximum atomic E-state index is 14.3. The molecule has 5 nitrogen and oxygen atoms in total. The smallest absolute Gasteiger partial charge is 0.302 e. The topological polar surface area (TPSA) is 65.0 Å². The molecule has 5 atom stereocenters. The Balaban J connectivity index is 1.69. The molecule has 7 heteroatoms. The van der Waals surface area contributed by atoms with E-state index in [1.807, 2.05) is 0 Å². The van der Waals surface area contributed by atoms with E-state index < -0.39 is 14.4 Å². The summed E-state index contributed by atoms with van der Waals surface area (Å²) in [5, 5.41) is 11.6. The quantitative estimate of drug-likeness (QED) is 0.239. The fourth-order valence-corrected chi connectivity index (χ4v) is 7.84. The molecule has 3 rings (SSSR count). The first-order valence-corrected chi connectivity index (χ1v) is 15.6. The number of halogens is 1. The van der Waals surface area contributed by atoms with E-state index in [0.717, 1.165) is 24.8 Å². The van der Waals surface area contributed by atoms with Crippen molar-refractivity contribution >= 4 is 14.3 Å². The number of carbonyl (C=O) groups is 1. The Kier molecular flexibility index (Phi) is 8.65. The number of hydrogen-bond donors (Lipinski definition) is 1. The Hall–Kier alpha value is -1.28. The fraction of sp³-hybridized carbons (Fsp3) is 0.741. The maximum absolute atomic E-state index is 14.3. The van der Waals surface area contributed by atoms with Crippen LogP contribution in [0.5, 0.6) is 0 Å². The Morgan fingerprint density at radius 3 is 2.59 bits per heavy atom. The van der Waals surface area contributed by atoms with Gasteiger partial charge >= 0.3 is 5.97 Å². The first-order chi connectivity index (χ1) is 15.8. The molecule has 0 aromatic heterocycles. The number of ether oxygens (including phenoxy) is 2. The number of carbonyl (C=O) groups excluding carboxylic acids is 1. The Morgan fingerprint density at radius 2 is 1.94 bits per heavy atom. The lowest BCUT2D eigenvalue weighted by atomic mass is 9.74. The lowest BCUT2D eigenvalue weighted by molar-refractivity contribution is -0.143. The third-order valence-corrected chi connectivity index (χ3v) is 13.4. The maximum Gasteiger partial charge on any atom is 0.302 e. The molecule has 0 radical (unpaired) electrons. The normalized spacial score (nSPS) is 25.7. The van der Waals surface area contributed by atoms with Gasteiger partial charge in [-0.25, -0.2) is 4.39 Å². The molecule has 2 aliphatic rings. The molecule has 1 aromatic carbocycles. The van der Waals surface area contributed by atoms with Gasteiger partial charge in [-0.15, -0.1) is 0 Å². The van der Waals surface area contributed by atoms with E-state index in [4.69, 9.17) is 13.9 Å². The zero-order valence-electron chi connectivity index (χ0n) is 21.9. The summed E-state index contributed by atoms with van der Waals surface area (Å²) in [6.45, 7) is 15.9. The van der Waals surface area contributed by atoms with Crippen molar-refractivity contribution in [1.29, 1.82) is 0 Å². The van der Waals surface area contributed by atoms with Gasteiger partial charge in [0.05, 0.1) is 24.9 Å². The average molecular weight is 495 g/mol. The predicted octanol–water partition coefficient (Wildman–Crippen LogP) is 5.81. The highest BCUT2D eigenvalue weighted by molar-refractivity contribution is 6.74. The summed E-state index contributed by atoms with van der Waals surface area (Å²) in [5.74, 6) is -0.455. The molecule has 0 saturated carbocycles. The molecular weight excluding hydrogens is 451 g/mol.